The summed E-state index contributed by atoms with van der Waals surface area (Å²) in [4.78, 5) is 24.3. The largest absolute Gasteiger partial charge is 0.353 e. The minimum absolute atomic E-state index is 0.104. The van der Waals surface area contributed by atoms with Crippen LogP contribution >= 0.6 is 0 Å². The molecule has 1 fully saturated rings. The van der Waals surface area contributed by atoms with Crippen LogP contribution in [-0.4, -0.2) is 47.0 Å². The molecule has 3 rings (SSSR count). The molecule has 1 N–H and O–H groups in total. The third kappa shape index (κ3) is 3.79. The maximum atomic E-state index is 13.0. The number of hydrogen-bond acceptors (Lipinski definition) is 5. The van der Waals surface area contributed by atoms with Crippen LogP contribution in [0.4, 0.5) is 21.8 Å². The monoisotopic (exact) mass is 329 g/mol. The summed E-state index contributed by atoms with van der Waals surface area (Å²) in [6, 6.07) is 8.00. The number of piperazine rings is 1. The molecule has 1 aromatic carbocycles. The van der Waals surface area contributed by atoms with Crippen molar-refractivity contribution >= 4 is 23.4 Å². The van der Waals surface area contributed by atoms with Gasteiger partial charge in [0.1, 0.15) is 11.6 Å². The van der Waals surface area contributed by atoms with Gasteiger partial charge in [-0.05, 0) is 31.2 Å². The Bertz CT molecular complexity index is 726. The predicted molar refractivity (Wildman–Crippen MR) is 90.9 cm³/mol. The molecular formula is C17H20FN5O. The van der Waals surface area contributed by atoms with E-state index in [4.69, 9.17) is 0 Å². The van der Waals surface area contributed by atoms with Crippen LogP contribution in [-0.2, 0) is 4.79 Å². The van der Waals surface area contributed by atoms with Crippen LogP contribution in [0, 0.1) is 12.7 Å². The number of carbonyl (C=O) groups excluding carboxylic acids is 1. The zero-order chi connectivity index (χ0) is 17.1. The molecule has 1 aliphatic rings. The first-order valence-electron chi connectivity index (χ1n) is 7.90. The van der Waals surface area contributed by atoms with Crippen LogP contribution in [0.5, 0.6) is 0 Å². The van der Waals surface area contributed by atoms with Crippen molar-refractivity contribution in [2.75, 3.05) is 36.4 Å². The van der Waals surface area contributed by atoms with Crippen molar-refractivity contribution in [3.63, 3.8) is 0 Å². The molecule has 1 saturated heterocycles. The van der Waals surface area contributed by atoms with Crippen molar-refractivity contribution < 1.29 is 9.18 Å². The highest BCUT2D eigenvalue weighted by Crippen LogP contribution is 2.20. The van der Waals surface area contributed by atoms with Crippen molar-refractivity contribution in [1.82, 2.24) is 14.9 Å². The van der Waals surface area contributed by atoms with Gasteiger partial charge in [0.05, 0.1) is 0 Å². The van der Waals surface area contributed by atoms with Gasteiger partial charge in [-0.15, -0.1) is 0 Å². The number of carbonyl (C=O) groups is 1. The molecule has 0 radical (unpaired) electrons. The lowest BCUT2D eigenvalue weighted by molar-refractivity contribution is -0.129. The summed E-state index contributed by atoms with van der Waals surface area (Å²) in [6.07, 6.45) is 0. The average Bonchev–Trinajstić information content (AvgIpc) is 2.56. The van der Waals surface area contributed by atoms with E-state index < -0.39 is 0 Å². The molecule has 1 aromatic heterocycles. The van der Waals surface area contributed by atoms with Gasteiger partial charge in [-0.2, -0.15) is 4.98 Å². The SMILES string of the molecule is CC(=O)N1CCN(c2cc(C)nc(Nc3ccc(F)cc3)n2)CC1. The summed E-state index contributed by atoms with van der Waals surface area (Å²) in [5, 5.41) is 3.10. The molecule has 0 saturated carbocycles. The Kier molecular flexibility index (Phi) is 4.59. The van der Waals surface area contributed by atoms with Gasteiger partial charge in [0.2, 0.25) is 11.9 Å². The zero-order valence-electron chi connectivity index (χ0n) is 13.8. The van der Waals surface area contributed by atoms with E-state index in [1.807, 2.05) is 17.9 Å². The molecule has 0 atom stereocenters. The van der Waals surface area contributed by atoms with E-state index in [0.717, 1.165) is 30.3 Å². The molecule has 1 amide bonds. The first-order chi connectivity index (χ1) is 11.5. The number of aryl methyl sites for hydroxylation is 1. The number of halogens is 1. The van der Waals surface area contributed by atoms with E-state index in [-0.39, 0.29) is 11.7 Å². The summed E-state index contributed by atoms with van der Waals surface area (Å²) >= 11 is 0. The minimum Gasteiger partial charge on any atom is -0.353 e. The van der Waals surface area contributed by atoms with Crippen LogP contribution in [0.3, 0.4) is 0 Å². The van der Waals surface area contributed by atoms with Gasteiger partial charge in [0, 0.05) is 50.6 Å². The second-order valence-corrected chi connectivity index (χ2v) is 5.82. The fraction of sp³-hybridized carbons (Fsp3) is 0.353. The van der Waals surface area contributed by atoms with E-state index >= 15 is 0 Å². The fourth-order valence-corrected chi connectivity index (χ4v) is 2.68. The molecule has 24 heavy (non-hydrogen) atoms. The molecule has 126 valence electrons. The molecule has 7 heteroatoms. The van der Waals surface area contributed by atoms with Gasteiger partial charge in [0.25, 0.3) is 0 Å². The number of nitrogens with one attached hydrogen (secondary N) is 1. The lowest BCUT2D eigenvalue weighted by atomic mass is 10.3. The molecule has 2 aromatic rings. The van der Waals surface area contributed by atoms with Gasteiger partial charge >= 0.3 is 0 Å². The van der Waals surface area contributed by atoms with Gasteiger partial charge in [-0.1, -0.05) is 0 Å². The molecule has 2 heterocycles. The van der Waals surface area contributed by atoms with Crippen LogP contribution < -0.4 is 10.2 Å². The Morgan fingerprint density at radius 1 is 1.12 bits per heavy atom. The van der Waals surface area contributed by atoms with E-state index in [9.17, 15) is 9.18 Å². The lowest BCUT2D eigenvalue weighted by Gasteiger charge is -2.35. The Morgan fingerprint density at radius 3 is 2.42 bits per heavy atom. The minimum atomic E-state index is -0.283. The molecule has 0 spiro atoms. The van der Waals surface area contributed by atoms with Crippen molar-refractivity contribution in [1.29, 1.82) is 0 Å². The normalized spacial score (nSPS) is 14.6. The molecular weight excluding hydrogens is 309 g/mol. The molecule has 1 aliphatic heterocycles. The van der Waals surface area contributed by atoms with E-state index in [0.29, 0.717) is 19.0 Å². The summed E-state index contributed by atoms with van der Waals surface area (Å²) in [5.41, 5.74) is 1.58. The second kappa shape index (κ2) is 6.82. The number of amides is 1. The predicted octanol–water partition coefficient (Wildman–Crippen LogP) is 2.34. The Balaban J connectivity index is 1.74. The fourth-order valence-electron chi connectivity index (χ4n) is 2.68. The number of nitrogens with zero attached hydrogens (tertiary/aromatic N) is 4. The Hall–Kier alpha value is -2.70. The highest BCUT2D eigenvalue weighted by Gasteiger charge is 2.20. The van der Waals surface area contributed by atoms with Gasteiger partial charge in [-0.25, -0.2) is 9.37 Å². The van der Waals surface area contributed by atoms with Gasteiger partial charge in [-0.3, -0.25) is 4.79 Å². The number of anilines is 3. The molecule has 0 aliphatic carbocycles. The van der Waals surface area contributed by atoms with Gasteiger partial charge < -0.3 is 15.1 Å². The average molecular weight is 329 g/mol. The van der Waals surface area contributed by atoms with E-state index in [2.05, 4.69) is 20.2 Å². The summed E-state index contributed by atoms with van der Waals surface area (Å²) < 4.78 is 13.0. The number of rotatable bonds is 3. The van der Waals surface area contributed by atoms with Crippen LogP contribution in [0.25, 0.3) is 0 Å². The third-order valence-electron chi connectivity index (χ3n) is 3.99. The molecule has 0 bridgehead atoms. The van der Waals surface area contributed by atoms with Crippen LogP contribution in [0.2, 0.25) is 0 Å². The van der Waals surface area contributed by atoms with Gasteiger partial charge in [0.15, 0.2) is 0 Å². The summed E-state index contributed by atoms with van der Waals surface area (Å²) in [7, 11) is 0. The third-order valence-corrected chi connectivity index (χ3v) is 3.99. The van der Waals surface area contributed by atoms with Crippen molar-refractivity contribution in [2.24, 2.45) is 0 Å². The van der Waals surface area contributed by atoms with E-state index in [1.165, 1.54) is 12.1 Å². The lowest BCUT2D eigenvalue weighted by Crippen LogP contribution is -2.48. The Morgan fingerprint density at radius 2 is 1.79 bits per heavy atom. The van der Waals surface area contributed by atoms with Crippen LogP contribution in [0.1, 0.15) is 12.6 Å². The summed E-state index contributed by atoms with van der Waals surface area (Å²) in [5.74, 6) is 1.13. The summed E-state index contributed by atoms with van der Waals surface area (Å²) in [6.45, 7) is 6.37. The molecule has 0 unspecified atom stereocenters. The van der Waals surface area contributed by atoms with Crippen molar-refractivity contribution in [3.8, 4) is 0 Å². The smallest absolute Gasteiger partial charge is 0.229 e. The topological polar surface area (TPSA) is 61.4 Å². The zero-order valence-corrected chi connectivity index (χ0v) is 13.8. The molecule has 6 nitrogen and oxygen atoms in total. The highest BCUT2D eigenvalue weighted by molar-refractivity contribution is 5.73. The first-order valence-corrected chi connectivity index (χ1v) is 7.90. The maximum absolute atomic E-state index is 13.0. The number of hydrogen-bond donors (Lipinski definition) is 1. The highest BCUT2D eigenvalue weighted by atomic mass is 19.1. The van der Waals surface area contributed by atoms with Crippen LogP contribution in [0.15, 0.2) is 30.3 Å². The van der Waals surface area contributed by atoms with Crippen molar-refractivity contribution in [3.05, 3.63) is 41.8 Å². The number of benzene rings is 1. The van der Waals surface area contributed by atoms with E-state index in [1.54, 1.807) is 19.1 Å². The number of aromatic nitrogens is 2. The quantitative estimate of drug-likeness (QED) is 0.936. The standard InChI is InChI=1S/C17H20FN5O/c1-12-11-16(23-9-7-22(8-10-23)13(2)24)21-17(19-12)20-15-5-3-14(18)4-6-15/h3-6,11H,7-10H2,1-2H3,(H,19,20,21). The first kappa shape index (κ1) is 16.2. The van der Waals surface area contributed by atoms with Crippen molar-refractivity contribution in [2.45, 2.75) is 13.8 Å². The maximum Gasteiger partial charge on any atom is 0.229 e. The second-order valence-electron chi connectivity index (χ2n) is 5.82. The Labute approximate surface area is 140 Å².